The molecule has 0 atom stereocenters. The number of ether oxygens (including phenoxy) is 2. The van der Waals surface area contributed by atoms with E-state index in [-0.39, 0.29) is 12.4 Å². The zero-order chi connectivity index (χ0) is 20.4. The molecule has 1 aromatic carbocycles. The highest BCUT2D eigenvalue weighted by Crippen LogP contribution is 2.21. The lowest BCUT2D eigenvalue weighted by Gasteiger charge is -2.28. The van der Waals surface area contributed by atoms with Crippen molar-refractivity contribution in [3.63, 3.8) is 0 Å². The molecule has 0 radical (unpaired) electrons. The number of amides is 2. The van der Waals surface area contributed by atoms with Crippen LogP contribution in [0.1, 0.15) is 47.1 Å². The maximum atomic E-state index is 13.5. The SMILES string of the molecule is CC(C)(C)OC(=O)N(CCc1c[nH]c2ccc(F)cc12)C(=O)OC(C)(C)C. The van der Waals surface area contributed by atoms with Crippen molar-refractivity contribution >= 4 is 23.1 Å². The van der Waals surface area contributed by atoms with Gasteiger partial charge in [0, 0.05) is 23.6 Å². The maximum Gasteiger partial charge on any atom is 0.419 e. The molecule has 1 aromatic heterocycles. The number of carbonyl (C=O) groups excluding carboxylic acids is 2. The number of aromatic nitrogens is 1. The first kappa shape index (κ1) is 20.7. The van der Waals surface area contributed by atoms with Gasteiger partial charge in [0.15, 0.2) is 0 Å². The number of halogens is 1. The highest BCUT2D eigenvalue weighted by Gasteiger charge is 2.31. The molecule has 1 N–H and O–H groups in total. The molecule has 2 aromatic rings. The standard InChI is InChI=1S/C20H27FN2O4/c1-19(2,3)26-17(24)23(18(25)27-20(4,5)6)10-9-13-12-22-16-8-7-14(21)11-15(13)16/h7-8,11-12,22H,9-10H2,1-6H3. The Morgan fingerprint density at radius 1 is 1.04 bits per heavy atom. The number of hydrogen-bond acceptors (Lipinski definition) is 4. The Morgan fingerprint density at radius 2 is 1.59 bits per heavy atom. The fraction of sp³-hybridized carbons (Fsp3) is 0.500. The summed E-state index contributed by atoms with van der Waals surface area (Å²) in [6.07, 6.45) is 0.527. The third-order valence-corrected chi connectivity index (χ3v) is 3.56. The Kier molecular flexibility index (Phi) is 5.82. The minimum absolute atomic E-state index is 0.0489. The predicted octanol–water partition coefficient (Wildman–Crippen LogP) is 5.02. The van der Waals surface area contributed by atoms with E-state index in [2.05, 4.69) is 4.98 Å². The molecule has 1 heterocycles. The number of fused-ring (bicyclic) bond motifs is 1. The van der Waals surface area contributed by atoms with Crippen LogP contribution >= 0.6 is 0 Å². The third kappa shape index (κ3) is 5.98. The van der Waals surface area contributed by atoms with Crippen LogP contribution in [0, 0.1) is 5.82 Å². The maximum absolute atomic E-state index is 13.5. The second kappa shape index (κ2) is 7.58. The first-order valence-corrected chi connectivity index (χ1v) is 8.85. The van der Waals surface area contributed by atoms with Crippen LogP contribution in [0.3, 0.4) is 0 Å². The van der Waals surface area contributed by atoms with Gasteiger partial charge < -0.3 is 14.5 Å². The lowest BCUT2D eigenvalue weighted by atomic mass is 10.1. The zero-order valence-corrected chi connectivity index (χ0v) is 16.7. The van der Waals surface area contributed by atoms with E-state index in [1.807, 2.05) is 0 Å². The van der Waals surface area contributed by atoms with Gasteiger partial charge in [-0.2, -0.15) is 0 Å². The molecule has 2 rings (SSSR count). The lowest BCUT2D eigenvalue weighted by molar-refractivity contribution is 0.00172. The van der Waals surface area contributed by atoms with E-state index in [1.54, 1.807) is 53.8 Å². The van der Waals surface area contributed by atoms with Crippen molar-refractivity contribution in [1.29, 1.82) is 0 Å². The Labute approximate surface area is 158 Å². The number of benzene rings is 1. The Hall–Kier alpha value is -2.57. The van der Waals surface area contributed by atoms with Crippen molar-refractivity contribution in [2.45, 2.75) is 59.2 Å². The van der Waals surface area contributed by atoms with Gasteiger partial charge in [0.25, 0.3) is 0 Å². The van der Waals surface area contributed by atoms with Gasteiger partial charge in [-0.1, -0.05) is 0 Å². The molecule has 0 unspecified atom stereocenters. The first-order chi connectivity index (χ1) is 12.4. The van der Waals surface area contributed by atoms with Crippen LogP contribution in [0.2, 0.25) is 0 Å². The van der Waals surface area contributed by atoms with Gasteiger partial charge >= 0.3 is 12.2 Å². The van der Waals surface area contributed by atoms with Gasteiger partial charge in [-0.3, -0.25) is 0 Å². The molecule has 0 aliphatic heterocycles. The van der Waals surface area contributed by atoms with Crippen LogP contribution in [0.5, 0.6) is 0 Å². The van der Waals surface area contributed by atoms with E-state index >= 15 is 0 Å². The first-order valence-electron chi connectivity index (χ1n) is 8.85. The largest absolute Gasteiger partial charge is 0.443 e. The fourth-order valence-electron chi connectivity index (χ4n) is 2.48. The molecule has 7 heteroatoms. The number of nitrogens with zero attached hydrogens (tertiary/aromatic N) is 1. The molecule has 27 heavy (non-hydrogen) atoms. The van der Waals surface area contributed by atoms with Gasteiger partial charge in [0.05, 0.1) is 0 Å². The van der Waals surface area contributed by atoms with Crippen LogP contribution in [-0.4, -0.2) is 39.8 Å². The average molecular weight is 378 g/mol. The molecule has 6 nitrogen and oxygen atoms in total. The summed E-state index contributed by atoms with van der Waals surface area (Å²) in [7, 11) is 0. The summed E-state index contributed by atoms with van der Waals surface area (Å²) in [5.74, 6) is -0.348. The quantitative estimate of drug-likeness (QED) is 0.814. The van der Waals surface area contributed by atoms with Crippen LogP contribution in [0.15, 0.2) is 24.4 Å². The monoisotopic (exact) mass is 378 g/mol. The number of carbonyl (C=O) groups is 2. The van der Waals surface area contributed by atoms with E-state index < -0.39 is 23.4 Å². The summed E-state index contributed by atoms with van der Waals surface area (Å²) in [6, 6.07) is 4.44. The Bertz CT molecular complexity index is 803. The van der Waals surface area contributed by atoms with Gasteiger partial charge in [0.2, 0.25) is 0 Å². The average Bonchev–Trinajstić information content (AvgIpc) is 2.86. The van der Waals surface area contributed by atoms with Gasteiger partial charge in [-0.15, -0.1) is 0 Å². The normalized spacial score (nSPS) is 12.1. The zero-order valence-electron chi connectivity index (χ0n) is 16.7. The second-order valence-corrected chi connectivity index (χ2v) is 8.37. The number of aromatic amines is 1. The molecule has 0 aliphatic carbocycles. The topological polar surface area (TPSA) is 71.6 Å². The Balaban J connectivity index is 2.21. The summed E-state index contributed by atoms with van der Waals surface area (Å²) >= 11 is 0. The summed E-state index contributed by atoms with van der Waals surface area (Å²) in [6.45, 7) is 10.4. The summed E-state index contributed by atoms with van der Waals surface area (Å²) in [4.78, 5) is 29.0. The number of rotatable bonds is 3. The van der Waals surface area contributed by atoms with E-state index in [4.69, 9.17) is 9.47 Å². The number of hydrogen-bond donors (Lipinski definition) is 1. The van der Waals surface area contributed by atoms with Crippen LogP contribution in [0.25, 0.3) is 10.9 Å². The third-order valence-electron chi connectivity index (χ3n) is 3.56. The minimum atomic E-state index is -0.775. The molecular weight excluding hydrogens is 351 g/mol. The van der Waals surface area contributed by atoms with Crippen LogP contribution < -0.4 is 0 Å². The van der Waals surface area contributed by atoms with Crippen molar-refractivity contribution in [2.24, 2.45) is 0 Å². The molecule has 0 aliphatic rings. The van der Waals surface area contributed by atoms with Gasteiger partial charge in [-0.05, 0) is 71.7 Å². The van der Waals surface area contributed by atoms with Gasteiger partial charge in [0.1, 0.15) is 17.0 Å². The molecule has 0 spiro atoms. The van der Waals surface area contributed by atoms with Crippen LogP contribution in [-0.2, 0) is 15.9 Å². The minimum Gasteiger partial charge on any atom is -0.443 e. The van der Waals surface area contributed by atoms with Crippen molar-refractivity contribution in [2.75, 3.05) is 6.54 Å². The molecular formula is C20H27FN2O4. The Morgan fingerprint density at radius 3 is 2.11 bits per heavy atom. The number of imide groups is 1. The number of nitrogens with one attached hydrogen (secondary N) is 1. The van der Waals surface area contributed by atoms with E-state index in [1.165, 1.54) is 12.1 Å². The second-order valence-electron chi connectivity index (χ2n) is 8.37. The molecule has 148 valence electrons. The summed E-state index contributed by atoms with van der Waals surface area (Å²) < 4.78 is 24.2. The smallest absolute Gasteiger partial charge is 0.419 e. The van der Waals surface area contributed by atoms with Gasteiger partial charge in [-0.25, -0.2) is 18.9 Å². The molecule has 0 saturated carbocycles. The molecule has 0 bridgehead atoms. The summed E-state index contributed by atoms with van der Waals surface area (Å²) in [5, 5.41) is 0.711. The number of H-pyrrole nitrogens is 1. The molecule has 2 amide bonds. The predicted molar refractivity (Wildman–Crippen MR) is 101 cm³/mol. The fourth-order valence-corrected chi connectivity index (χ4v) is 2.48. The highest BCUT2D eigenvalue weighted by molar-refractivity contribution is 5.88. The molecule has 0 saturated heterocycles. The van der Waals surface area contributed by atoms with Crippen molar-refractivity contribution < 1.29 is 23.5 Å². The van der Waals surface area contributed by atoms with Crippen molar-refractivity contribution in [3.8, 4) is 0 Å². The molecule has 0 fully saturated rings. The van der Waals surface area contributed by atoms with Crippen LogP contribution in [0.4, 0.5) is 14.0 Å². The van der Waals surface area contributed by atoms with Crippen molar-refractivity contribution in [1.82, 2.24) is 9.88 Å². The van der Waals surface area contributed by atoms with E-state index in [9.17, 15) is 14.0 Å². The lowest BCUT2D eigenvalue weighted by Crippen LogP contribution is -2.44. The summed E-state index contributed by atoms with van der Waals surface area (Å²) in [5.41, 5.74) is 0.0804. The van der Waals surface area contributed by atoms with E-state index in [0.717, 1.165) is 16.0 Å². The van der Waals surface area contributed by atoms with E-state index in [0.29, 0.717) is 11.8 Å². The highest BCUT2D eigenvalue weighted by atomic mass is 19.1. The van der Waals surface area contributed by atoms with Crippen molar-refractivity contribution in [3.05, 3.63) is 35.8 Å².